The van der Waals surface area contributed by atoms with Gasteiger partial charge in [0.05, 0.1) is 0 Å². The van der Waals surface area contributed by atoms with Crippen LogP contribution in [0.2, 0.25) is 0 Å². The quantitative estimate of drug-likeness (QED) is 0.386. The van der Waals surface area contributed by atoms with E-state index in [1.54, 1.807) is 27.8 Å². The van der Waals surface area contributed by atoms with E-state index in [-0.39, 0.29) is 17.1 Å². The molecular weight excluding hydrogens is 332 g/mol. The number of amides is 1. The summed E-state index contributed by atoms with van der Waals surface area (Å²) in [6.07, 6.45) is 6.07. The predicted molar refractivity (Wildman–Crippen MR) is 94.8 cm³/mol. The van der Waals surface area contributed by atoms with Crippen LogP contribution < -0.4 is 5.48 Å². The molecule has 0 fully saturated rings. The van der Waals surface area contributed by atoms with Gasteiger partial charge in [-0.15, -0.1) is 0 Å². The van der Waals surface area contributed by atoms with Crippen molar-refractivity contribution in [1.82, 2.24) is 10.5 Å². The van der Waals surface area contributed by atoms with Crippen LogP contribution in [0.3, 0.4) is 0 Å². The molecule has 1 amide bonds. The Kier molecular flexibility index (Phi) is 10.6. The maximum atomic E-state index is 11.8. The zero-order valence-corrected chi connectivity index (χ0v) is 15.3. The van der Waals surface area contributed by atoms with Crippen molar-refractivity contribution in [3.63, 3.8) is 0 Å². The van der Waals surface area contributed by atoms with Crippen molar-refractivity contribution in [3.8, 4) is 0 Å². The molecule has 1 heterocycles. The fourth-order valence-electron chi connectivity index (χ4n) is 1.69. The van der Waals surface area contributed by atoms with Gasteiger partial charge < -0.3 is 4.84 Å². The molecule has 7 heteroatoms. The molecule has 0 spiro atoms. The lowest BCUT2D eigenvalue weighted by atomic mass is 10.2. The normalized spacial score (nSPS) is 11.7. The lowest BCUT2D eigenvalue weighted by Gasteiger charge is -2.13. The molecule has 0 radical (unpaired) electrons. The molecule has 23 heavy (non-hydrogen) atoms. The highest BCUT2D eigenvalue weighted by Gasteiger charge is 2.15. The summed E-state index contributed by atoms with van der Waals surface area (Å²) >= 11 is 0. The van der Waals surface area contributed by atoms with Crippen molar-refractivity contribution in [1.29, 1.82) is 0 Å². The molecule has 1 rings (SSSR count). The summed E-state index contributed by atoms with van der Waals surface area (Å²) in [5, 5.41) is 1.06. The van der Waals surface area contributed by atoms with Gasteiger partial charge in [0, 0.05) is 24.3 Å². The largest absolute Gasteiger partial charge is 0.341 e. The van der Waals surface area contributed by atoms with E-state index in [9.17, 15) is 9.59 Å². The number of carbonyl (C=O) groups excluding carboxylic acids is 2. The first-order chi connectivity index (χ1) is 11.2. The molecule has 0 aromatic carbocycles. The molecule has 5 nitrogen and oxygen atoms in total. The molecule has 1 aromatic heterocycles. The number of nitrogens with one attached hydrogen (secondary N) is 1. The number of aromatic nitrogens is 1. The first kappa shape index (κ1) is 19.8. The van der Waals surface area contributed by atoms with Crippen LogP contribution in [0.5, 0.6) is 0 Å². The van der Waals surface area contributed by atoms with Crippen LogP contribution in [-0.2, 0) is 14.4 Å². The van der Waals surface area contributed by atoms with Crippen molar-refractivity contribution in [3.05, 3.63) is 24.4 Å². The van der Waals surface area contributed by atoms with Crippen molar-refractivity contribution < 1.29 is 14.4 Å². The average Bonchev–Trinajstić information content (AvgIpc) is 2.58. The van der Waals surface area contributed by atoms with E-state index in [0.29, 0.717) is 12.8 Å². The van der Waals surface area contributed by atoms with Gasteiger partial charge in [0.1, 0.15) is 5.03 Å². The molecule has 1 aromatic rings. The number of hydrogen-bond donors (Lipinski definition) is 1. The molecule has 128 valence electrons. The third-order valence-corrected chi connectivity index (χ3v) is 5.94. The van der Waals surface area contributed by atoms with Crippen LogP contribution in [0.25, 0.3) is 0 Å². The standard InChI is InChI=1S/C16H24N2O3S2/c1-3-5-6-10-16(20)21-18-14(19)12-13(4-2)22-23-15-9-7-8-11-17-15/h7-9,11,13H,3-6,10,12H2,1-2H3,(H,18,19). The predicted octanol–water partition coefficient (Wildman–Crippen LogP) is 4.15. The minimum absolute atomic E-state index is 0.140. The Morgan fingerprint density at radius 2 is 2.13 bits per heavy atom. The Hall–Kier alpha value is -1.21. The summed E-state index contributed by atoms with van der Waals surface area (Å²) in [5.41, 5.74) is 2.25. The molecule has 0 aliphatic carbocycles. The highest BCUT2D eigenvalue weighted by Crippen LogP contribution is 2.35. The molecule has 1 N–H and O–H groups in total. The Morgan fingerprint density at radius 1 is 1.30 bits per heavy atom. The van der Waals surface area contributed by atoms with Gasteiger partial charge in [-0.3, -0.25) is 4.79 Å². The minimum Gasteiger partial charge on any atom is -0.341 e. The van der Waals surface area contributed by atoms with Crippen LogP contribution in [0, 0.1) is 0 Å². The number of hydroxylamine groups is 1. The van der Waals surface area contributed by atoms with Crippen LogP contribution in [0.1, 0.15) is 52.4 Å². The average molecular weight is 357 g/mol. The Labute approximate surface area is 145 Å². The Bertz CT molecular complexity index is 472. The molecule has 0 aliphatic rings. The second-order valence-electron chi connectivity index (χ2n) is 5.04. The smallest absolute Gasteiger partial charge is 0.332 e. The van der Waals surface area contributed by atoms with Crippen molar-refractivity contribution in [2.45, 2.75) is 62.6 Å². The molecule has 0 bridgehead atoms. The number of pyridine rings is 1. The van der Waals surface area contributed by atoms with Crippen molar-refractivity contribution in [2.24, 2.45) is 0 Å². The molecule has 1 unspecified atom stereocenters. The van der Waals surface area contributed by atoms with Gasteiger partial charge in [0.25, 0.3) is 5.91 Å². The van der Waals surface area contributed by atoms with E-state index in [4.69, 9.17) is 4.84 Å². The summed E-state index contributed by atoms with van der Waals surface area (Å²) in [5.74, 6) is -0.648. The number of hydrogen-bond acceptors (Lipinski definition) is 6. The van der Waals surface area contributed by atoms with E-state index in [1.807, 2.05) is 25.1 Å². The second kappa shape index (κ2) is 12.2. The maximum absolute atomic E-state index is 11.8. The maximum Gasteiger partial charge on any atom is 0.332 e. The van der Waals surface area contributed by atoms with Crippen LogP contribution in [-0.4, -0.2) is 22.1 Å². The third-order valence-electron chi connectivity index (χ3n) is 3.04. The second-order valence-corrected chi connectivity index (χ2v) is 7.56. The van der Waals surface area contributed by atoms with Gasteiger partial charge in [-0.25, -0.2) is 9.78 Å². The molecule has 1 atom stereocenters. The van der Waals surface area contributed by atoms with Crippen LogP contribution >= 0.6 is 21.6 Å². The fraction of sp³-hybridized carbons (Fsp3) is 0.562. The number of rotatable bonds is 10. The fourth-order valence-corrected chi connectivity index (χ4v) is 4.13. The van der Waals surface area contributed by atoms with Crippen molar-refractivity contribution >= 4 is 33.5 Å². The van der Waals surface area contributed by atoms with Crippen LogP contribution in [0.4, 0.5) is 0 Å². The number of carbonyl (C=O) groups is 2. The van der Waals surface area contributed by atoms with E-state index in [2.05, 4.69) is 17.4 Å². The van der Waals surface area contributed by atoms with Gasteiger partial charge in [-0.2, -0.15) is 5.48 Å². The molecular formula is C16H24N2O3S2. The summed E-state index contributed by atoms with van der Waals surface area (Å²) < 4.78 is 0. The number of nitrogens with zero attached hydrogens (tertiary/aromatic N) is 1. The Balaban J connectivity index is 2.23. The first-order valence-electron chi connectivity index (χ1n) is 7.88. The van der Waals surface area contributed by atoms with Crippen molar-refractivity contribution in [2.75, 3.05) is 0 Å². The molecule has 0 saturated heterocycles. The highest BCUT2D eigenvalue weighted by molar-refractivity contribution is 8.76. The van der Waals surface area contributed by atoms with Gasteiger partial charge in [-0.05, 0) is 35.8 Å². The van der Waals surface area contributed by atoms with E-state index in [0.717, 1.165) is 30.7 Å². The zero-order chi connectivity index (χ0) is 16.9. The number of unbranched alkanes of at least 4 members (excludes halogenated alkanes) is 2. The third kappa shape index (κ3) is 9.50. The molecule has 0 saturated carbocycles. The van der Waals surface area contributed by atoms with Gasteiger partial charge >= 0.3 is 5.97 Å². The lowest BCUT2D eigenvalue weighted by Crippen LogP contribution is -2.29. The van der Waals surface area contributed by atoms with E-state index in [1.165, 1.54) is 0 Å². The zero-order valence-electron chi connectivity index (χ0n) is 13.6. The van der Waals surface area contributed by atoms with Gasteiger partial charge in [-0.1, -0.05) is 43.5 Å². The summed E-state index contributed by atoms with van der Waals surface area (Å²) in [4.78, 5) is 32.3. The monoisotopic (exact) mass is 356 g/mol. The topological polar surface area (TPSA) is 68.3 Å². The van der Waals surface area contributed by atoms with E-state index >= 15 is 0 Å². The minimum atomic E-state index is -0.379. The summed E-state index contributed by atoms with van der Waals surface area (Å²) in [6, 6.07) is 5.73. The Morgan fingerprint density at radius 3 is 2.78 bits per heavy atom. The van der Waals surface area contributed by atoms with Gasteiger partial charge in [0.15, 0.2) is 0 Å². The van der Waals surface area contributed by atoms with E-state index < -0.39 is 0 Å². The van der Waals surface area contributed by atoms with Gasteiger partial charge in [0.2, 0.25) is 0 Å². The lowest BCUT2D eigenvalue weighted by molar-refractivity contribution is -0.158. The molecule has 0 aliphatic heterocycles. The summed E-state index contributed by atoms with van der Waals surface area (Å²) in [7, 11) is 3.16. The SMILES string of the molecule is CCCCCC(=O)ONC(=O)CC(CC)SSc1ccccn1. The highest BCUT2D eigenvalue weighted by atomic mass is 33.1. The first-order valence-corrected chi connectivity index (χ1v) is 10.1. The van der Waals surface area contributed by atoms with Crippen LogP contribution in [0.15, 0.2) is 29.4 Å². The summed E-state index contributed by atoms with van der Waals surface area (Å²) in [6.45, 7) is 4.10.